The molecule has 0 fully saturated rings. The number of rotatable bonds is 3. The van der Waals surface area contributed by atoms with E-state index in [1.165, 1.54) is 11.3 Å². The summed E-state index contributed by atoms with van der Waals surface area (Å²) in [6, 6.07) is 0. The summed E-state index contributed by atoms with van der Waals surface area (Å²) in [5.41, 5.74) is 5.72. The number of amides is 1. The Kier molecular flexibility index (Phi) is 3.43. The van der Waals surface area contributed by atoms with Gasteiger partial charge in [0.05, 0.1) is 0 Å². The van der Waals surface area contributed by atoms with Crippen LogP contribution in [0.5, 0.6) is 0 Å². The Labute approximate surface area is 112 Å². The maximum Gasteiger partial charge on any atom is 0.271 e. The second-order valence-electron chi connectivity index (χ2n) is 3.71. The number of thiazole rings is 1. The molecule has 0 saturated carbocycles. The van der Waals surface area contributed by atoms with E-state index in [0.29, 0.717) is 21.0 Å². The topological polar surface area (TPSA) is 97.0 Å². The SMILES string of the molecule is Cc1nsc(NC(=O)c2sc(N(C)C)nc2N)n1. The van der Waals surface area contributed by atoms with Crippen molar-refractivity contribution in [3.8, 4) is 0 Å². The summed E-state index contributed by atoms with van der Waals surface area (Å²) in [4.78, 5) is 22.3. The highest BCUT2D eigenvalue weighted by Crippen LogP contribution is 2.27. The number of hydrogen-bond acceptors (Lipinski definition) is 8. The molecule has 0 spiro atoms. The van der Waals surface area contributed by atoms with E-state index in [0.717, 1.165) is 11.5 Å². The molecule has 2 aromatic rings. The number of aryl methyl sites for hydroxylation is 1. The number of aromatic nitrogens is 3. The second kappa shape index (κ2) is 4.86. The Morgan fingerprint density at radius 2 is 2.11 bits per heavy atom. The van der Waals surface area contributed by atoms with Crippen LogP contribution in [0.1, 0.15) is 15.5 Å². The normalized spacial score (nSPS) is 10.4. The van der Waals surface area contributed by atoms with Crippen molar-refractivity contribution < 1.29 is 4.79 Å². The zero-order valence-electron chi connectivity index (χ0n) is 10.1. The van der Waals surface area contributed by atoms with Gasteiger partial charge in [-0.25, -0.2) is 9.97 Å². The Morgan fingerprint density at radius 1 is 1.39 bits per heavy atom. The van der Waals surface area contributed by atoms with E-state index in [4.69, 9.17) is 5.73 Å². The number of hydrogen-bond donors (Lipinski definition) is 2. The average Bonchev–Trinajstić information content (AvgIpc) is 2.85. The second-order valence-corrected chi connectivity index (χ2v) is 5.44. The lowest BCUT2D eigenvalue weighted by atomic mass is 10.5. The molecule has 18 heavy (non-hydrogen) atoms. The van der Waals surface area contributed by atoms with Gasteiger partial charge in [-0.05, 0) is 6.92 Å². The molecule has 0 aliphatic heterocycles. The van der Waals surface area contributed by atoms with Crippen molar-refractivity contribution in [1.29, 1.82) is 0 Å². The monoisotopic (exact) mass is 284 g/mol. The number of anilines is 3. The average molecular weight is 284 g/mol. The van der Waals surface area contributed by atoms with Crippen molar-refractivity contribution in [3.05, 3.63) is 10.7 Å². The van der Waals surface area contributed by atoms with Crippen LogP contribution < -0.4 is 16.0 Å². The van der Waals surface area contributed by atoms with Crippen LogP contribution in [0.4, 0.5) is 16.1 Å². The van der Waals surface area contributed by atoms with Gasteiger partial charge >= 0.3 is 0 Å². The molecule has 2 heterocycles. The first kappa shape index (κ1) is 12.7. The minimum Gasteiger partial charge on any atom is -0.382 e. The highest BCUT2D eigenvalue weighted by molar-refractivity contribution is 7.18. The smallest absolute Gasteiger partial charge is 0.271 e. The van der Waals surface area contributed by atoms with Crippen LogP contribution in [0.2, 0.25) is 0 Å². The molecule has 0 aliphatic carbocycles. The summed E-state index contributed by atoms with van der Waals surface area (Å²) in [7, 11) is 3.68. The molecule has 0 unspecified atom stereocenters. The van der Waals surface area contributed by atoms with Crippen molar-refractivity contribution in [2.75, 3.05) is 30.0 Å². The molecule has 2 rings (SSSR count). The van der Waals surface area contributed by atoms with Crippen LogP contribution in [0.15, 0.2) is 0 Å². The standard InChI is InChI=1S/C9H12N6OS2/c1-4-11-8(18-14-4)13-7(16)5-6(10)12-9(17-5)15(2)3/h10H2,1-3H3,(H,11,13,14,16). The zero-order chi connectivity index (χ0) is 13.3. The first-order valence-electron chi connectivity index (χ1n) is 5.02. The van der Waals surface area contributed by atoms with E-state index in [-0.39, 0.29) is 11.7 Å². The molecule has 2 aromatic heterocycles. The number of carbonyl (C=O) groups excluding carboxylic acids is 1. The van der Waals surface area contributed by atoms with Gasteiger partial charge in [0.1, 0.15) is 16.5 Å². The fourth-order valence-electron chi connectivity index (χ4n) is 1.18. The summed E-state index contributed by atoms with van der Waals surface area (Å²) < 4.78 is 3.98. The maximum absolute atomic E-state index is 12.0. The van der Waals surface area contributed by atoms with Gasteiger partial charge in [0.2, 0.25) is 5.13 Å². The molecular formula is C9H12N6OS2. The number of carbonyl (C=O) groups is 1. The van der Waals surface area contributed by atoms with E-state index in [1.807, 2.05) is 14.1 Å². The van der Waals surface area contributed by atoms with Crippen LogP contribution in [0.25, 0.3) is 0 Å². The van der Waals surface area contributed by atoms with Crippen molar-refractivity contribution in [3.63, 3.8) is 0 Å². The van der Waals surface area contributed by atoms with Crippen LogP contribution in [-0.4, -0.2) is 34.3 Å². The van der Waals surface area contributed by atoms with E-state index in [9.17, 15) is 4.79 Å². The fraction of sp³-hybridized carbons (Fsp3) is 0.333. The molecule has 1 amide bonds. The molecule has 0 aliphatic rings. The molecule has 96 valence electrons. The number of nitrogens with two attached hydrogens (primary N) is 1. The van der Waals surface area contributed by atoms with Gasteiger partial charge < -0.3 is 10.6 Å². The van der Waals surface area contributed by atoms with Crippen molar-refractivity contribution in [2.45, 2.75) is 6.92 Å². The molecule has 0 saturated heterocycles. The van der Waals surface area contributed by atoms with Crippen LogP contribution >= 0.6 is 22.9 Å². The Balaban J connectivity index is 2.18. The van der Waals surface area contributed by atoms with Gasteiger partial charge in [-0.1, -0.05) is 11.3 Å². The van der Waals surface area contributed by atoms with Crippen LogP contribution in [0, 0.1) is 6.92 Å². The number of nitrogens with one attached hydrogen (secondary N) is 1. The largest absolute Gasteiger partial charge is 0.382 e. The molecule has 0 radical (unpaired) electrons. The minimum absolute atomic E-state index is 0.224. The molecule has 0 bridgehead atoms. The zero-order valence-corrected chi connectivity index (χ0v) is 11.7. The highest BCUT2D eigenvalue weighted by Gasteiger charge is 2.18. The quantitative estimate of drug-likeness (QED) is 0.879. The van der Waals surface area contributed by atoms with Crippen LogP contribution in [-0.2, 0) is 0 Å². The minimum atomic E-state index is -0.311. The third-order valence-electron chi connectivity index (χ3n) is 1.98. The summed E-state index contributed by atoms with van der Waals surface area (Å²) >= 11 is 2.37. The summed E-state index contributed by atoms with van der Waals surface area (Å²) in [6.07, 6.45) is 0. The lowest BCUT2D eigenvalue weighted by Gasteiger charge is -2.04. The van der Waals surface area contributed by atoms with E-state index in [1.54, 1.807) is 11.8 Å². The van der Waals surface area contributed by atoms with Crippen molar-refractivity contribution in [2.24, 2.45) is 0 Å². The Hall–Kier alpha value is -1.74. The predicted molar refractivity (Wildman–Crippen MR) is 73.5 cm³/mol. The predicted octanol–water partition coefficient (Wildman–Crippen LogP) is 1.20. The molecule has 7 nitrogen and oxygen atoms in total. The summed E-state index contributed by atoms with van der Waals surface area (Å²) in [5, 5.41) is 3.79. The van der Waals surface area contributed by atoms with Crippen molar-refractivity contribution in [1.82, 2.24) is 14.3 Å². The third-order valence-corrected chi connectivity index (χ3v) is 3.94. The van der Waals surface area contributed by atoms with Gasteiger partial charge in [0, 0.05) is 25.6 Å². The van der Waals surface area contributed by atoms with Crippen LogP contribution in [0.3, 0.4) is 0 Å². The van der Waals surface area contributed by atoms with E-state index < -0.39 is 0 Å². The molecule has 0 aromatic carbocycles. The number of nitrogens with zero attached hydrogens (tertiary/aromatic N) is 4. The van der Waals surface area contributed by atoms with Gasteiger partial charge in [-0.15, -0.1) is 0 Å². The highest BCUT2D eigenvalue weighted by atomic mass is 32.1. The third kappa shape index (κ3) is 2.57. The molecule has 9 heteroatoms. The lowest BCUT2D eigenvalue weighted by molar-refractivity contribution is 0.103. The van der Waals surface area contributed by atoms with Gasteiger partial charge in [0.25, 0.3) is 5.91 Å². The summed E-state index contributed by atoms with van der Waals surface area (Å²) in [5.74, 6) is 0.540. The fourth-order valence-corrected chi connectivity index (χ4v) is 2.55. The molecule has 3 N–H and O–H groups in total. The van der Waals surface area contributed by atoms with Gasteiger partial charge in [-0.3, -0.25) is 10.1 Å². The van der Waals surface area contributed by atoms with E-state index in [2.05, 4.69) is 19.7 Å². The van der Waals surface area contributed by atoms with E-state index >= 15 is 0 Å². The Bertz CT molecular complexity index is 575. The lowest BCUT2D eigenvalue weighted by Crippen LogP contribution is -2.11. The maximum atomic E-state index is 12.0. The van der Waals surface area contributed by atoms with Crippen molar-refractivity contribution >= 4 is 44.9 Å². The summed E-state index contributed by atoms with van der Waals surface area (Å²) in [6.45, 7) is 1.76. The Morgan fingerprint density at radius 3 is 2.61 bits per heavy atom. The number of nitrogen functional groups attached to an aromatic ring is 1. The molecule has 0 atom stereocenters. The first-order valence-corrected chi connectivity index (χ1v) is 6.61. The van der Waals surface area contributed by atoms with Gasteiger partial charge in [-0.2, -0.15) is 4.37 Å². The van der Waals surface area contributed by atoms with Gasteiger partial charge in [0.15, 0.2) is 5.13 Å². The first-order chi connectivity index (χ1) is 8.47. The molecular weight excluding hydrogens is 272 g/mol.